The first-order chi connectivity index (χ1) is 20.0. The number of carbonyl (C=O) groups excluding carboxylic acids is 2. The number of carbonyl (C=O) groups is 2. The van der Waals surface area contributed by atoms with Gasteiger partial charge in [-0.1, -0.05) is 49.4 Å². The van der Waals surface area contributed by atoms with E-state index in [9.17, 15) is 18.0 Å². The topological polar surface area (TPSA) is 86.8 Å². The van der Waals surface area contributed by atoms with E-state index in [1.165, 1.54) is 53.3 Å². The van der Waals surface area contributed by atoms with Gasteiger partial charge in [0.25, 0.3) is 0 Å². The molecule has 0 spiro atoms. The van der Waals surface area contributed by atoms with E-state index in [1.54, 1.807) is 6.92 Å². The minimum Gasteiger partial charge on any atom is -0.352 e. The van der Waals surface area contributed by atoms with E-state index in [0.717, 1.165) is 36.0 Å². The summed E-state index contributed by atoms with van der Waals surface area (Å²) in [5.41, 5.74) is 3.06. The molecule has 2 aromatic rings. The predicted octanol–water partition coefficient (Wildman–Crippen LogP) is 5.29. The van der Waals surface area contributed by atoms with Gasteiger partial charge in [0.05, 0.1) is 11.9 Å². The van der Waals surface area contributed by atoms with Gasteiger partial charge in [0, 0.05) is 12.6 Å². The SMILES string of the molecule is CC[C@@H](C)NC(=O)[C@H](C)N(CCc1ccccc1)C(=O)CN(c1ccc(C23CC4CC(CC(C4)C2)C3)cc1)S(C)(=O)=O. The number of nitrogens with zero attached hydrogens (tertiary/aromatic N) is 2. The van der Waals surface area contributed by atoms with Crippen molar-refractivity contribution in [1.82, 2.24) is 10.2 Å². The fourth-order valence-corrected chi connectivity index (χ4v) is 8.94. The van der Waals surface area contributed by atoms with Crippen molar-refractivity contribution in [2.75, 3.05) is 23.7 Å². The molecular weight excluding hydrogens is 546 g/mol. The van der Waals surface area contributed by atoms with Gasteiger partial charge >= 0.3 is 0 Å². The van der Waals surface area contributed by atoms with Crippen LogP contribution in [-0.4, -0.2) is 56.6 Å². The number of sulfonamides is 1. The second-order valence-corrected chi connectivity index (χ2v) is 15.2. The molecule has 2 atom stereocenters. The van der Waals surface area contributed by atoms with Crippen LogP contribution in [0, 0.1) is 17.8 Å². The van der Waals surface area contributed by atoms with Crippen LogP contribution in [0.1, 0.15) is 76.8 Å². The van der Waals surface area contributed by atoms with Crippen molar-refractivity contribution in [2.45, 2.75) is 89.6 Å². The maximum atomic E-state index is 13.8. The fourth-order valence-electron chi connectivity index (χ4n) is 8.09. The molecule has 0 aliphatic heterocycles. The third kappa shape index (κ3) is 6.69. The molecule has 0 saturated heterocycles. The van der Waals surface area contributed by atoms with Crippen molar-refractivity contribution in [3.63, 3.8) is 0 Å². The Labute approximate surface area is 252 Å². The Balaban J connectivity index is 1.35. The van der Waals surface area contributed by atoms with Gasteiger partial charge in [0.15, 0.2) is 0 Å². The van der Waals surface area contributed by atoms with Gasteiger partial charge in [-0.2, -0.15) is 0 Å². The van der Waals surface area contributed by atoms with E-state index in [2.05, 4.69) is 17.4 Å². The van der Waals surface area contributed by atoms with Gasteiger partial charge in [0.1, 0.15) is 12.6 Å². The van der Waals surface area contributed by atoms with Crippen LogP contribution < -0.4 is 9.62 Å². The summed E-state index contributed by atoms with van der Waals surface area (Å²) in [4.78, 5) is 28.4. The summed E-state index contributed by atoms with van der Waals surface area (Å²) in [6.45, 7) is 5.59. The average molecular weight is 594 g/mol. The molecule has 4 bridgehead atoms. The Bertz CT molecular complexity index is 1320. The minimum absolute atomic E-state index is 0.0222. The number of nitrogens with one attached hydrogen (secondary N) is 1. The molecule has 2 aromatic carbocycles. The van der Waals surface area contributed by atoms with Gasteiger partial charge in [-0.15, -0.1) is 0 Å². The summed E-state index contributed by atoms with van der Waals surface area (Å²) in [7, 11) is -3.76. The van der Waals surface area contributed by atoms with Crippen molar-refractivity contribution in [2.24, 2.45) is 17.8 Å². The summed E-state index contributed by atoms with van der Waals surface area (Å²) in [5.74, 6) is 1.83. The molecule has 0 heterocycles. The molecule has 1 N–H and O–H groups in total. The largest absolute Gasteiger partial charge is 0.352 e. The highest BCUT2D eigenvalue weighted by molar-refractivity contribution is 7.92. The molecule has 42 heavy (non-hydrogen) atoms. The first-order valence-electron chi connectivity index (χ1n) is 15.7. The lowest BCUT2D eigenvalue weighted by atomic mass is 9.48. The summed E-state index contributed by atoms with van der Waals surface area (Å²) in [6, 6.07) is 17.0. The fraction of sp³-hybridized carbons (Fsp3) is 0.588. The maximum Gasteiger partial charge on any atom is 0.244 e. The summed E-state index contributed by atoms with van der Waals surface area (Å²) in [5, 5.41) is 2.97. The Hall–Kier alpha value is -2.87. The van der Waals surface area contributed by atoms with Gasteiger partial charge in [-0.3, -0.25) is 13.9 Å². The molecule has 0 unspecified atom stereocenters. The van der Waals surface area contributed by atoms with Crippen molar-refractivity contribution in [1.29, 1.82) is 0 Å². The van der Waals surface area contributed by atoms with Gasteiger partial charge in [0.2, 0.25) is 21.8 Å². The first-order valence-corrected chi connectivity index (χ1v) is 17.5. The standard InChI is InChI=1S/C34H47N3O4S/c1-5-24(2)35-33(39)25(3)36(16-15-26-9-7-6-8-10-26)32(38)23-37(42(4,40)41)31-13-11-30(12-14-31)34-20-27-17-28(21-34)19-29(18-27)22-34/h6-14,24-25,27-29H,5,15-23H2,1-4H3,(H,35,39)/t24-,25+,27?,28?,29?,34?/m1/s1. The van der Waals surface area contributed by atoms with E-state index in [1.807, 2.05) is 56.3 Å². The molecule has 0 aromatic heterocycles. The number of benzene rings is 2. The normalized spacial score (nSPS) is 26.0. The van der Waals surface area contributed by atoms with Crippen LogP contribution in [0.2, 0.25) is 0 Å². The number of hydrogen-bond donors (Lipinski definition) is 1. The predicted molar refractivity (Wildman–Crippen MR) is 168 cm³/mol. The Morgan fingerprint density at radius 2 is 1.50 bits per heavy atom. The van der Waals surface area contributed by atoms with E-state index in [-0.39, 0.29) is 23.9 Å². The number of hydrogen-bond acceptors (Lipinski definition) is 4. The third-order valence-electron chi connectivity index (χ3n) is 10.1. The van der Waals surface area contributed by atoms with Crippen LogP contribution in [0.15, 0.2) is 54.6 Å². The average Bonchev–Trinajstić information content (AvgIpc) is 2.95. The smallest absolute Gasteiger partial charge is 0.244 e. The number of amides is 2. The highest BCUT2D eigenvalue weighted by atomic mass is 32.2. The number of rotatable bonds is 12. The van der Waals surface area contributed by atoms with Crippen LogP contribution >= 0.6 is 0 Å². The number of anilines is 1. The van der Waals surface area contributed by atoms with Crippen molar-refractivity contribution in [3.05, 3.63) is 65.7 Å². The zero-order valence-corrected chi connectivity index (χ0v) is 26.4. The first kappa shape index (κ1) is 30.6. The lowest BCUT2D eigenvalue weighted by Gasteiger charge is -2.57. The molecule has 4 fully saturated rings. The molecular formula is C34H47N3O4S. The second kappa shape index (κ2) is 12.4. The zero-order chi connectivity index (χ0) is 30.1. The highest BCUT2D eigenvalue weighted by Crippen LogP contribution is 2.60. The van der Waals surface area contributed by atoms with Gasteiger partial charge in [-0.05, 0) is 112 Å². The third-order valence-corrected chi connectivity index (χ3v) is 11.3. The van der Waals surface area contributed by atoms with Gasteiger partial charge in [-0.25, -0.2) is 8.42 Å². The molecule has 7 nitrogen and oxygen atoms in total. The highest BCUT2D eigenvalue weighted by Gasteiger charge is 2.51. The lowest BCUT2D eigenvalue weighted by Crippen LogP contribution is -2.53. The van der Waals surface area contributed by atoms with Crippen molar-refractivity contribution in [3.8, 4) is 0 Å². The monoisotopic (exact) mass is 593 g/mol. The summed E-state index contributed by atoms with van der Waals surface area (Å²) < 4.78 is 27.3. The van der Waals surface area contributed by atoms with Crippen LogP contribution in [0.3, 0.4) is 0 Å². The Kier molecular flexibility index (Phi) is 9.02. The molecule has 4 aliphatic rings. The van der Waals surface area contributed by atoms with Crippen LogP contribution in [0.5, 0.6) is 0 Å². The molecule has 2 amide bonds. The molecule has 4 aliphatic carbocycles. The Morgan fingerprint density at radius 1 is 0.929 bits per heavy atom. The lowest BCUT2D eigenvalue weighted by molar-refractivity contribution is -0.139. The van der Waals surface area contributed by atoms with E-state index in [0.29, 0.717) is 18.7 Å². The van der Waals surface area contributed by atoms with Gasteiger partial charge < -0.3 is 10.2 Å². The van der Waals surface area contributed by atoms with Crippen molar-refractivity contribution >= 4 is 27.5 Å². The van der Waals surface area contributed by atoms with Crippen LogP contribution in [0.25, 0.3) is 0 Å². The zero-order valence-electron chi connectivity index (χ0n) is 25.6. The van der Waals surface area contributed by atoms with Crippen molar-refractivity contribution < 1.29 is 18.0 Å². The second-order valence-electron chi connectivity index (χ2n) is 13.3. The van der Waals surface area contributed by atoms with E-state index < -0.39 is 22.0 Å². The molecule has 228 valence electrons. The molecule has 6 rings (SSSR count). The van der Waals surface area contributed by atoms with Crippen LogP contribution in [0.4, 0.5) is 5.69 Å². The molecule has 0 radical (unpaired) electrons. The maximum absolute atomic E-state index is 13.8. The minimum atomic E-state index is -3.76. The van der Waals surface area contributed by atoms with E-state index >= 15 is 0 Å². The summed E-state index contributed by atoms with van der Waals surface area (Å²) in [6.07, 6.45) is 10.3. The van der Waals surface area contributed by atoms with Crippen LogP contribution in [-0.2, 0) is 31.4 Å². The molecule has 8 heteroatoms. The van der Waals surface area contributed by atoms with E-state index in [4.69, 9.17) is 0 Å². The molecule has 4 saturated carbocycles. The Morgan fingerprint density at radius 3 is 2.02 bits per heavy atom. The summed E-state index contributed by atoms with van der Waals surface area (Å²) >= 11 is 0. The quantitative estimate of drug-likeness (QED) is 0.362.